The van der Waals surface area contributed by atoms with Crippen molar-refractivity contribution in [1.29, 1.82) is 0 Å². The van der Waals surface area contributed by atoms with E-state index in [1.165, 1.54) is 0 Å². The van der Waals surface area contributed by atoms with Crippen LogP contribution in [0.1, 0.15) is 5.56 Å². The summed E-state index contributed by atoms with van der Waals surface area (Å²) >= 11 is 9.23. The topological polar surface area (TPSA) is 18.5 Å². The monoisotopic (exact) mass is 326 g/mol. The molecule has 0 atom stereocenters. The van der Waals surface area contributed by atoms with Gasteiger partial charge in [-0.05, 0) is 57.9 Å². The van der Waals surface area contributed by atoms with Crippen molar-refractivity contribution in [3.05, 3.63) is 52.5 Å². The van der Waals surface area contributed by atoms with Crippen LogP contribution in [-0.2, 0) is 5.88 Å². The molecule has 0 N–H and O–H groups in total. The Kier molecular flexibility index (Phi) is 4.50. The number of alkyl halides is 1. The van der Waals surface area contributed by atoms with E-state index in [9.17, 15) is 0 Å². The highest BCUT2D eigenvalue weighted by atomic mass is 79.9. The van der Waals surface area contributed by atoms with Crippen LogP contribution in [0.5, 0.6) is 17.2 Å². The highest BCUT2D eigenvalue weighted by Crippen LogP contribution is 2.31. The highest BCUT2D eigenvalue weighted by molar-refractivity contribution is 9.10. The first kappa shape index (κ1) is 13.2. The van der Waals surface area contributed by atoms with Gasteiger partial charge in [0.15, 0.2) is 0 Å². The summed E-state index contributed by atoms with van der Waals surface area (Å²) in [6.45, 7) is 0. The van der Waals surface area contributed by atoms with E-state index in [1.54, 1.807) is 7.11 Å². The fourth-order valence-electron chi connectivity index (χ4n) is 1.48. The third kappa shape index (κ3) is 3.18. The normalized spacial score (nSPS) is 10.2. The van der Waals surface area contributed by atoms with E-state index < -0.39 is 0 Å². The summed E-state index contributed by atoms with van der Waals surface area (Å²) in [5.74, 6) is 2.81. The molecule has 0 fully saturated rings. The molecule has 94 valence electrons. The molecule has 0 bridgehead atoms. The minimum atomic E-state index is 0.488. The third-order valence-electron chi connectivity index (χ3n) is 2.44. The SMILES string of the molecule is COc1ccc(Oc2ccc(CCl)cc2Br)cc1. The summed E-state index contributed by atoms with van der Waals surface area (Å²) in [5, 5.41) is 0. The van der Waals surface area contributed by atoms with E-state index in [0.29, 0.717) is 5.88 Å². The summed E-state index contributed by atoms with van der Waals surface area (Å²) < 4.78 is 11.7. The molecule has 0 radical (unpaired) electrons. The van der Waals surface area contributed by atoms with Crippen molar-refractivity contribution in [1.82, 2.24) is 0 Å². The molecule has 2 aromatic rings. The molecule has 0 unspecified atom stereocenters. The lowest BCUT2D eigenvalue weighted by Crippen LogP contribution is -1.88. The van der Waals surface area contributed by atoms with Crippen LogP contribution in [-0.4, -0.2) is 7.11 Å². The van der Waals surface area contributed by atoms with Crippen molar-refractivity contribution < 1.29 is 9.47 Å². The summed E-state index contributed by atoms with van der Waals surface area (Å²) in [4.78, 5) is 0. The molecule has 0 aromatic heterocycles. The van der Waals surface area contributed by atoms with Crippen molar-refractivity contribution >= 4 is 27.5 Å². The standard InChI is InChI=1S/C14H12BrClO2/c1-17-11-3-5-12(6-4-11)18-14-7-2-10(9-16)8-13(14)15/h2-8H,9H2,1H3. The molecule has 0 aliphatic rings. The quantitative estimate of drug-likeness (QED) is 0.737. The van der Waals surface area contributed by atoms with Gasteiger partial charge in [-0.25, -0.2) is 0 Å². The van der Waals surface area contributed by atoms with Gasteiger partial charge < -0.3 is 9.47 Å². The van der Waals surface area contributed by atoms with Gasteiger partial charge in [0.25, 0.3) is 0 Å². The number of hydrogen-bond acceptors (Lipinski definition) is 2. The van der Waals surface area contributed by atoms with Crippen LogP contribution in [0.25, 0.3) is 0 Å². The van der Waals surface area contributed by atoms with E-state index in [0.717, 1.165) is 27.3 Å². The van der Waals surface area contributed by atoms with Crippen LogP contribution in [0, 0.1) is 0 Å². The first-order chi connectivity index (χ1) is 8.72. The second-order valence-electron chi connectivity index (χ2n) is 3.68. The Hall–Kier alpha value is -1.19. The average Bonchev–Trinajstić information content (AvgIpc) is 2.42. The van der Waals surface area contributed by atoms with E-state index >= 15 is 0 Å². The molecule has 2 aromatic carbocycles. The van der Waals surface area contributed by atoms with Gasteiger partial charge in [0.1, 0.15) is 17.2 Å². The highest BCUT2D eigenvalue weighted by Gasteiger charge is 2.04. The van der Waals surface area contributed by atoms with Crippen LogP contribution >= 0.6 is 27.5 Å². The molecular formula is C14H12BrClO2. The maximum absolute atomic E-state index is 5.77. The smallest absolute Gasteiger partial charge is 0.141 e. The number of methoxy groups -OCH3 is 1. The largest absolute Gasteiger partial charge is 0.497 e. The summed E-state index contributed by atoms with van der Waals surface area (Å²) in [7, 11) is 1.64. The molecule has 0 amide bonds. The molecule has 0 saturated carbocycles. The molecule has 0 spiro atoms. The molecule has 0 heterocycles. The Morgan fingerprint density at radius 3 is 2.28 bits per heavy atom. The Balaban J connectivity index is 2.17. The number of ether oxygens (including phenoxy) is 2. The number of halogens is 2. The van der Waals surface area contributed by atoms with E-state index in [1.807, 2.05) is 42.5 Å². The van der Waals surface area contributed by atoms with E-state index in [4.69, 9.17) is 21.1 Å². The molecule has 0 aliphatic carbocycles. The second-order valence-corrected chi connectivity index (χ2v) is 4.80. The van der Waals surface area contributed by atoms with Crippen LogP contribution in [0.15, 0.2) is 46.9 Å². The Labute approximate surface area is 120 Å². The van der Waals surface area contributed by atoms with Crippen molar-refractivity contribution in [2.24, 2.45) is 0 Å². The molecule has 0 saturated heterocycles. The van der Waals surface area contributed by atoms with Crippen molar-refractivity contribution in [2.75, 3.05) is 7.11 Å². The maximum Gasteiger partial charge on any atom is 0.141 e. The zero-order chi connectivity index (χ0) is 13.0. The molecule has 0 aliphatic heterocycles. The minimum absolute atomic E-state index is 0.488. The van der Waals surface area contributed by atoms with Gasteiger partial charge in [0.2, 0.25) is 0 Å². The Morgan fingerprint density at radius 2 is 1.72 bits per heavy atom. The van der Waals surface area contributed by atoms with Gasteiger partial charge in [0.05, 0.1) is 11.6 Å². The van der Waals surface area contributed by atoms with Crippen LogP contribution in [0.2, 0.25) is 0 Å². The van der Waals surface area contributed by atoms with Gasteiger partial charge in [-0.15, -0.1) is 11.6 Å². The van der Waals surface area contributed by atoms with E-state index in [-0.39, 0.29) is 0 Å². The lowest BCUT2D eigenvalue weighted by molar-refractivity contribution is 0.412. The molecule has 2 nitrogen and oxygen atoms in total. The van der Waals surface area contributed by atoms with E-state index in [2.05, 4.69) is 15.9 Å². The number of benzene rings is 2. The minimum Gasteiger partial charge on any atom is -0.497 e. The Morgan fingerprint density at radius 1 is 1.06 bits per heavy atom. The van der Waals surface area contributed by atoms with Gasteiger partial charge in [0, 0.05) is 5.88 Å². The predicted octanol–water partition coefficient (Wildman–Crippen LogP) is 4.99. The first-order valence-electron chi connectivity index (χ1n) is 5.39. The van der Waals surface area contributed by atoms with Crippen molar-refractivity contribution in [3.63, 3.8) is 0 Å². The molecule has 4 heteroatoms. The first-order valence-corrected chi connectivity index (χ1v) is 6.72. The second kappa shape index (κ2) is 6.12. The van der Waals surface area contributed by atoms with Crippen LogP contribution < -0.4 is 9.47 Å². The summed E-state index contributed by atoms with van der Waals surface area (Å²) in [5.41, 5.74) is 1.05. The van der Waals surface area contributed by atoms with Crippen molar-refractivity contribution in [2.45, 2.75) is 5.88 Å². The third-order valence-corrected chi connectivity index (χ3v) is 3.37. The zero-order valence-corrected chi connectivity index (χ0v) is 12.2. The van der Waals surface area contributed by atoms with Crippen LogP contribution in [0.4, 0.5) is 0 Å². The van der Waals surface area contributed by atoms with Crippen molar-refractivity contribution in [3.8, 4) is 17.2 Å². The predicted molar refractivity (Wildman–Crippen MR) is 76.8 cm³/mol. The molecular weight excluding hydrogens is 316 g/mol. The van der Waals surface area contributed by atoms with Gasteiger partial charge in [-0.3, -0.25) is 0 Å². The molecule has 18 heavy (non-hydrogen) atoms. The van der Waals surface area contributed by atoms with Gasteiger partial charge in [-0.1, -0.05) is 6.07 Å². The summed E-state index contributed by atoms with van der Waals surface area (Å²) in [6, 6.07) is 13.2. The number of rotatable bonds is 4. The van der Waals surface area contributed by atoms with Gasteiger partial charge in [-0.2, -0.15) is 0 Å². The molecule has 2 rings (SSSR count). The van der Waals surface area contributed by atoms with Crippen LogP contribution in [0.3, 0.4) is 0 Å². The summed E-state index contributed by atoms with van der Waals surface area (Å²) in [6.07, 6.45) is 0. The van der Waals surface area contributed by atoms with Gasteiger partial charge >= 0.3 is 0 Å². The lowest BCUT2D eigenvalue weighted by Gasteiger charge is -2.09. The average molecular weight is 328 g/mol. The zero-order valence-electron chi connectivity index (χ0n) is 9.82. The fraction of sp³-hybridized carbons (Fsp3) is 0.143. The fourth-order valence-corrected chi connectivity index (χ4v) is 2.15. The number of hydrogen-bond donors (Lipinski definition) is 0. The Bertz CT molecular complexity index is 526. The lowest BCUT2D eigenvalue weighted by atomic mass is 10.2. The maximum atomic E-state index is 5.77.